The highest BCUT2D eigenvalue weighted by Gasteiger charge is 2.11. The number of thioether (sulfide) groups is 1. The number of hydrogen-bond acceptors (Lipinski definition) is 5. The van der Waals surface area contributed by atoms with Gasteiger partial charge in [0.1, 0.15) is 0 Å². The molecule has 0 spiro atoms. The number of aromatic nitrogens is 1. The number of rotatable bonds is 4. The Bertz CT molecular complexity index is 776. The molecule has 1 aromatic carbocycles. The first-order valence-corrected chi connectivity index (χ1v) is 7.79. The lowest BCUT2D eigenvalue weighted by Gasteiger charge is -2.08. The van der Waals surface area contributed by atoms with E-state index in [1.165, 1.54) is 6.20 Å². The van der Waals surface area contributed by atoms with Gasteiger partial charge in [0.15, 0.2) is 0 Å². The fraction of sp³-hybridized carbons (Fsp3) is 0.0667. The van der Waals surface area contributed by atoms with Crippen LogP contribution in [-0.2, 0) is 4.79 Å². The minimum atomic E-state index is -0.501. The lowest BCUT2D eigenvalue weighted by atomic mass is 10.2. The van der Waals surface area contributed by atoms with Crippen molar-refractivity contribution in [1.29, 1.82) is 5.26 Å². The molecule has 0 saturated carbocycles. The summed E-state index contributed by atoms with van der Waals surface area (Å²) in [6.07, 6.45) is 1.50. The van der Waals surface area contributed by atoms with Crippen LogP contribution < -0.4 is 10.9 Å². The van der Waals surface area contributed by atoms with Crippen molar-refractivity contribution in [2.45, 2.75) is 5.03 Å². The van der Waals surface area contributed by atoms with Crippen LogP contribution in [0, 0.1) is 11.3 Å². The zero-order chi connectivity index (χ0) is 16.7. The second-order valence-corrected chi connectivity index (χ2v) is 5.67. The molecule has 0 saturated heterocycles. The zero-order valence-electron chi connectivity index (χ0n) is 11.7. The highest BCUT2D eigenvalue weighted by molar-refractivity contribution is 7.99. The van der Waals surface area contributed by atoms with Crippen molar-refractivity contribution in [2.75, 3.05) is 5.75 Å². The van der Waals surface area contributed by atoms with E-state index in [0.717, 1.165) is 11.8 Å². The maximum absolute atomic E-state index is 11.9. The maximum atomic E-state index is 11.9. The summed E-state index contributed by atoms with van der Waals surface area (Å²) in [7, 11) is 0. The number of nitriles is 1. The van der Waals surface area contributed by atoms with Crippen molar-refractivity contribution in [1.82, 2.24) is 15.8 Å². The number of nitrogens with one attached hydrogen (secondary N) is 2. The Kier molecular flexibility index (Phi) is 5.97. The van der Waals surface area contributed by atoms with Crippen LogP contribution in [-0.4, -0.2) is 22.6 Å². The Morgan fingerprint density at radius 2 is 2.04 bits per heavy atom. The number of pyridine rings is 1. The topological polar surface area (TPSA) is 94.9 Å². The van der Waals surface area contributed by atoms with Crippen LogP contribution in [0.3, 0.4) is 0 Å². The number of carbonyl (C=O) groups is 2. The van der Waals surface area contributed by atoms with Gasteiger partial charge >= 0.3 is 0 Å². The molecule has 0 aliphatic heterocycles. The Balaban J connectivity index is 1.82. The third kappa shape index (κ3) is 4.98. The van der Waals surface area contributed by atoms with Crippen LogP contribution in [0.4, 0.5) is 0 Å². The summed E-state index contributed by atoms with van der Waals surface area (Å²) in [5.41, 5.74) is 5.32. The summed E-state index contributed by atoms with van der Waals surface area (Å²) in [6, 6.07) is 11.7. The molecule has 0 bridgehead atoms. The number of carbonyl (C=O) groups excluding carboxylic acids is 2. The largest absolute Gasteiger partial charge is 0.272 e. The molecule has 116 valence electrons. The average Bonchev–Trinajstić information content (AvgIpc) is 2.58. The Morgan fingerprint density at radius 1 is 1.26 bits per heavy atom. The quantitative estimate of drug-likeness (QED) is 0.653. The molecule has 0 fully saturated rings. The average molecular weight is 347 g/mol. The highest BCUT2D eigenvalue weighted by atomic mass is 35.5. The molecule has 0 unspecified atom stereocenters. The van der Waals surface area contributed by atoms with Gasteiger partial charge in [-0.1, -0.05) is 35.5 Å². The van der Waals surface area contributed by atoms with Crippen LogP contribution in [0.15, 0.2) is 47.6 Å². The van der Waals surface area contributed by atoms with E-state index in [4.69, 9.17) is 16.9 Å². The predicted molar refractivity (Wildman–Crippen MR) is 86.7 cm³/mol. The van der Waals surface area contributed by atoms with Gasteiger partial charge in [0.2, 0.25) is 5.91 Å². The standard InChI is InChI=1S/C15H11ClN4O2S/c16-12-4-2-1-3-11(12)15(22)20-19-13(21)9-23-14-7-10(8-17)5-6-18-14/h1-7H,9H2,(H,19,21)(H,20,22). The minimum Gasteiger partial charge on any atom is -0.272 e. The van der Waals surface area contributed by atoms with Gasteiger partial charge in [0.25, 0.3) is 5.91 Å². The first kappa shape index (κ1) is 16.8. The van der Waals surface area contributed by atoms with E-state index in [9.17, 15) is 9.59 Å². The number of hydrogen-bond donors (Lipinski definition) is 2. The van der Waals surface area contributed by atoms with E-state index in [-0.39, 0.29) is 11.3 Å². The van der Waals surface area contributed by atoms with Crippen LogP contribution in [0.5, 0.6) is 0 Å². The number of amides is 2. The third-order valence-corrected chi connectivity index (χ3v) is 3.90. The molecule has 23 heavy (non-hydrogen) atoms. The zero-order valence-corrected chi connectivity index (χ0v) is 13.3. The van der Waals surface area contributed by atoms with Crippen LogP contribution >= 0.6 is 23.4 Å². The molecule has 1 heterocycles. The van der Waals surface area contributed by atoms with Gasteiger partial charge in [-0.25, -0.2) is 4.98 Å². The summed E-state index contributed by atoms with van der Waals surface area (Å²) < 4.78 is 0. The Morgan fingerprint density at radius 3 is 2.78 bits per heavy atom. The van der Waals surface area contributed by atoms with Crippen molar-refractivity contribution in [3.63, 3.8) is 0 Å². The molecule has 2 amide bonds. The summed E-state index contributed by atoms with van der Waals surface area (Å²) in [6.45, 7) is 0. The highest BCUT2D eigenvalue weighted by Crippen LogP contribution is 2.16. The molecule has 2 aromatic rings. The molecule has 6 nitrogen and oxygen atoms in total. The number of hydrazine groups is 1. The van der Waals surface area contributed by atoms with Gasteiger partial charge < -0.3 is 0 Å². The Labute approximate surface area is 141 Å². The second kappa shape index (κ2) is 8.17. The second-order valence-electron chi connectivity index (χ2n) is 4.27. The van der Waals surface area contributed by atoms with Crippen LogP contribution in [0.25, 0.3) is 0 Å². The SMILES string of the molecule is N#Cc1ccnc(SCC(=O)NNC(=O)c2ccccc2Cl)c1. The van der Waals surface area contributed by atoms with Gasteiger partial charge in [0, 0.05) is 6.20 Å². The monoisotopic (exact) mass is 346 g/mol. The van der Waals surface area contributed by atoms with Gasteiger partial charge in [-0.05, 0) is 24.3 Å². The summed E-state index contributed by atoms with van der Waals surface area (Å²) >= 11 is 7.05. The van der Waals surface area contributed by atoms with Gasteiger partial charge in [-0.15, -0.1) is 0 Å². The van der Waals surface area contributed by atoms with Crippen molar-refractivity contribution in [2.24, 2.45) is 0 Å². The lowest BCUT2D eigenvalue weighted by Crippen LogP contribution is -2.42. The molecular formula is C15H11ClN4O2S. The molecular weight excluding hydrogens is 336 g/mol. The predicted octanol–water partition coefficient (Wildman–Crippen LogP) is 2.16. The molecule has 0 aliphatic carbocycles. The molecule has 2 N–H and O–H groups in total. The molecule has 0 atom stereocenters. The normalized spacial score (nSPS) is 9.74. The van der Waals surface area contributed by atoms with E-state index < -0.39 is 11.8 Å². The van der Waals surface area contributed by atoms with Crippen molar-refractivity contribution in [3.05, 3.63) is 58.7 Å². The van der Waals surface area contributed by atoms with Gasteiger partial charge in [-0.2, -0.15) is 5.26 Å². The molecule has 8 heteroatoms. The van der Waals surface area contributed by atoms with E-state index in [2.05, 4.69) is 15.8 Å². The maximum Gasteiger partial charge on any atom is 0.271 e. The molecule has 2 rings (SSSR count). The van der Waals surface area contributed by atoms with E-state index >= 15 is 0 Å². The van der Waals surface area contributed by atoms with Gasteiger partial charge in [0.05, 0.1) is 33.0 Å². The fourth-order valence-electron chi connectivity index (χ4n) is 1.57. The third-order valence-electron chi connectivity index (χ3n) is 2.65. The number of benzene rings is 1. The molecule has 0 radical (unpaired) electrons. The summed E-state index contributed by atoms with van der Waals surface area (Å²) in [5, 5.41) is 9.64. The fourth-order valence-corrected chi connectivity index (χ4v) is 2.49. The van der Waals surface area contributed by atoms with Crippen molar-refractivity contribution < 1.29 is 9.59 Å². The summed E-state index contributed by atoms with van der Waals surface area (Å²) in [4.78, 5) is 27.6. The number of nitrogens with zero attached hydrogens (tertiary/aromatic N) is 2. The number of halogens is 1. The summed E-state index contributed by atoms with van der Waals surface area (Å²) in [5.74, 6) is -0.858. The lowest BCUT2D eigenvalue weighted by molar-refractivity contribution is -0.119. The molecule has 1 aromatic heterocycles. The van der Waals surface area contributed by atoms with Crippen molar-refractivity contribution >= 4 is 35.2 Å². The smallest absolute Gasteiger partial charge is 0.271 e. The van der Waals surface area contributed by atoms with Gasteiger partial charge in [-0.3, -0.25) is 20.4 Å². The Hall–Kier alpha value is -2.56. The van der Waals surface area contributed by atoms with Crippen LogP contribution in [0.1, 0.15) is 15.9 Å². The first-order chi connectivity index (χ1) is 11.1. The minimum absolute atomic E-state index is 0.0463. The molecule has 0 aliphatic rings. The van der Waals surface area contributed by atoms with E-state index in [1.807, 2.05) is 6.07 Å². The van der Waals surface area contributed by atoms with Crippen LogP contribution in [0.2, 0.25) is 5.02 Å². The first-order valence-electron chi connectivity index (χ1n) is 6.43. The van der Waals surface area contributed by atoms with E-state index in [1.54, 1.807) is 36.4 Å². The van der Waals surface area contributed by atoms with E-state index in [0.29, 0.717) is 15.6 Å². The van der Waals surface area contributed by atoms with Crippen molar-refractivity contribution in [3.8, 4) is 6.07 Å².